The van der Waals surface area contributed by atoms with Crippen molar-refractivity contribution in [3.63, 3.8) is 0 Å². The number of benzene rings is 1. The molecule has 162 valence electrons. The zero-order valence-corrected chi connectivity index (χ0v) is 18.6. The molecule has 0 aliphatic carbocycles. The van der Waals surface area contributed by atoms with Gasteiger partial charge in [0.1, 0.15) is 0 Å². The molecule has 3 heterocycles. The highest BCUT2D eigenvalue weighted by atomic mass is 35.5. The van der Waals surface area contributed by atoms with Crippen LogP contribution < -0.4 is 10.6 Å². The van der Waals surface area contributed by atoms with Gasteiger partial charge >= 0.3 is 0 Å². The largest absolute Gasteiger partial charge is 0.459 e. The molecule has 1 fully saturated rings. The monoisotopic (exact) mass is 458 g/mol. The van der Waals surface area contributed by atoms with Crippen LogP contribution in [-0.2, 0) is 10.2 Å². The van der Waals surface area contributed by atoms with Gasteiger partial charge in [-0.15, -0.1) is 11.3 Å². The van der Waals surface area contributed by atoms with E-state index in [9.17, 15) is 9.59 Å². The number of hydrogen-bond acceptors (Lipinski definition) is 5. The number of rotatable bonds is 6. The van der Waals surface area contributed by atoms with Gasteiger partial charge in [-0.2, -0.15) is 0 Å². The Morgan fingerprint density at radius 3 is 2.65 bits per heavy atom. The second kappa shape index (κ2) is 9.26. The van der Waals surface area contributed by atoms with Crippen molar-refractivity contribution in [1.29, 1.82) is 0 Å². The first-order valence-corrected chi connectivity index (χ1v) is 11.2. The molecule has 1 aliphatic heterocycles. The Hall–Kier alpha value is -2.61. The zero-order chi connectivity index (χ0) is 21.8. The quantitative estimate of drug-likeness (QED) is 0.542. The molecule has 0 spiro atoms. The average Bonchev–Trinajstić information content (AvgIpc) is 3.43. The van der Waals surface area contributed by atoms with Crippen molar-refractivity contribution in [2.45, 2.75) is 25.2 Å². The standard InChI is InChI=1S/C23H23ClN2O4S/c1-15-12-19(26-21(27)18-6-3-9-30-18)31-20(15)22(28)25-14-23(7-10-29-11-8-23)16-4-2-5-17(24)13-16/h2-6,9,12-13H,7-8,10-11,14H2,1H3,(H,25,28)(H,26,27). The van der Waals surface area contributed by atoms with Crippen molar-refractivity contribution in [2.24, 2.45) is 0 Å². The number of aryl methyl sites for hydroxylation is 1. The predicted octanol–water partition coefficient (Wildman–Crippen LogP) is 5.03. The number of anilines is 1. The zero-order valence-electron chi connectivity index (χ0n) is 17.1. The summed E-state index contributed by atoms with van der Waals surface area (Å²) < 4.78 is 10.7. The Labute approximate surface area is 189 Å². The summed E-state index contributed by atoms with van der Waals surface area (Å²) in [5.41, 5.74) is 1.69. The molecule has 1 saturated heterocycles. The third-order valence-electron chi connectivity index (χ3n) is 5.58. The first kappa shape index (κ1) is 21.6. The maximum absolute atomic E-state index is 13.0. The molecule has 1 aliphatic rings. The summed E-state index contributed by atoms with van der Waals surface area (Å²) >= 11 is 7.47. The summed E-state index contributed by atoms with van der Waals surface area (Å²) in [6, 6.07) is 12.9. The number of carbonyl (C=O) groups excluding carboxylic acids is 2. The van der Waals surface area contributed by atoms with E-state index in [4.69, 9.17) is 20.8 Å². The van der Waals surface area contributed by atoms with Gasteiger partial charge in [0.2, 0.25) is 0 Å². The molecular weight excluding hydrogens is 436 g/mol. The number of nitrogens with one attached hydrogen (secondary N) is 2. The number of halogens is 1. The maximum Gasteiger partial charge on any atom is 0.291 e. The van der Waals surface area contributed by atoms with E-state index in [0.717, 1.165) is 24.0 Å². The van der Waals surface area contributed by atoms with E-state index in [1.54, 1.807) is 18.2 Å². The molecule has 6 nitrogen and oxygen atoms in total. The Morgan fingerprint density at radius 2 is 1.94 bits per heavy atom. The Kier molecular flexibility index (Phi) is 6.46. The normalized spacial score (nSPS) is 15.4. The highest BCUT2D eigenvalue weighted by Gasteiger charge is 2.35. The SMILES string of the molecule is Cc1cc(NC(=O)c2ccco2)sc1C(=O)NCC1(c2cccc(Cl)c2)CCOCC1. The lowest BCUT2D eigenvalue weighted by atomic mass is 9.74. The van der Waals surface area contributed by atoms with Crippen LogP contribution in [0.1, 0.15) is 44.2 Å². The smallest absolute Gasteiger partial charge is 0.291 e. The summed E-state index contributed by atoms with van der Waals surface area (Å²) in [5.74, 6) is -0.283. The molecule has 0 radical (unpaired) electrons. The lowest BCUT2D eigenvalue weighted by Gasteiger charge is -2.38. The number of hydrogen-bond donors (Lipinski definition) is 2. The van der Waals surface area contributed by atoms with E-state index in [1.807, 2.05) is 25.1 Å². The highest BCUT2D eigenvalue weighted by molar-refractivity contribution is 7.18. The lowest BCUT2D eigenvalue weighted by molar-refractivity contribution is 0.0487. The summed E-state index contributed by atoms with van der Waals surface area (Å²) in [5, 5.41) is 7.16. The van der Waals surface area contributed by atoms with E-state index < -0.39 is 0 Å². The third kappa shape index (κ3) is 4.84. The fourth-order valence-corrected chi connectivity index (χ4v) is 5.00. The van der Waals surface area contributed by atoms with Crippen LogP contribution in [0.15, 0.2) is 53.1 Å². The minimum absolute atomic E-state index is 0.158. The Bertz CT molecular complexity index is 1070. The van der Waals surface area contributed by atoms with Gasteiger partial charge in [0.05, 0.1) is 16.1 Å². The summed E-state index contributed by atoms with van der Waals surface area (Å²) in [4.78, 5) is 25.8. The van der Waals surface area contributed by atoms with E-state index >= 15 is 0 Å². The summed E-state index contributed by atoms with van der Waals surface area (Å²) in [6.07, 6.45) is 3.06. The van der Waals surface area contributed by atoms with Crippen molar-refractivity contribution in [3.05, 3.63) is 75.5 Å². The molecule has 3 aromatic rings. The fourth-order valence-electron chi connectivity index (χ4n) is 3.83. The van der Waals surface area contributed by atoms with E-state index in [1.165, 1.54) is 17.6 Å². The second-order valence-corrected chi connectivity index (χ2v) is 9.13. The van der Waals surface area contributed by atoms with Gasteiger partial charge in [-0.3, -0.25) is 9.59 Å². The number of carbonyl (C=O) groups is 2. The molecule has 2 N–H and O–H groups in total. The lowest BCUT2D eigenvalue weighted by Crippen LogP contribution is -2.44. The van der Waals surface area contributed by atoms with Gasteiger partial charge in [0, 0.05) is 30.2 Å². The summed E-state index contributed by atoms with van der Waals surface area (Å²) in [7, 11) is 0. The fraction of sp³-hybridized carbons (Fsp3) is 0.304. The molecule has 0 bridgehead atoms. The number of furan rings is 1. The van der Waals surface area contributed by atoms with Crippen LogP contribution in [0.5, 0.6) is 0 Å². The predicted molar refractivity (Wildman–Crippen MR) is 121 cm³/mol. The van der Waals surface area contributed by atoms with Crippen LogP contribution in [-0.4, -0.2) is 31.6 Å². The van der Waals surface area contributed by atoms with Crippen molar-refractivity contribution in [2.75, 3.05) is 25.1 Å². The van der Waals surface area contributed by atoms with Crippen LogP contribution in [0.4, 0.5) is 5.00 Å². The van der Waals surface area contributed by atoms with Gasteiger partial charge in [-0.25, -0.2) is 0 Å². The average molecular weight is 459 g/mol. The van der Waals surface area contributed by atoms with Gasteiger partial charge in [-0.1, -0.05) is 23.7 Å². The van der Waals surface area contributed by atoms with Gasteiger partial charge < -0.3 is 19.8 Å². The maximum atomic E-state index is 13.0. The molecule has 2 aromatic heterocycles. The van der Waals surface area contributed by atoms with Crippen LogP contribution in [0, 0.1) is 6.92 Å². The molecule has 0 atom stereocenters. The van der Waals surface area contributed by atoms with Crippen molar-refractivity contribution in [3.8, 4) is 0 Å². The van der Waals surface area contributed by atoms with Gasteiger partial charge in [0.25, 0.3) is 11.8 Å². The molecule has 2 amide bonds. The second-order valence-electron chi connectivity index (χ2n) is 7.64. The van der Waals surface area contributed by atoms with Crippen molar-refractivity contribution in [1.82, 2.24) is 5.32 Å². The van der Waals surface area contributed by atoms with Crippen LogP contribution in [0.2, 0.25) is 5.02 Å². The molecule has 1 aromatic carbocycles. The number of amides is 2. The first-order chi connectivity index (χ1) is 15.0. The molecule has 0 unspecified atom stereocenters. The van der Waals surface area contributed by atoms with Crippen LogP contribution in [0.25, 0.3) is 0 Å². The van der Waals surface area contributed by atoms with Crippen LogP contribution >= 0.6 is 22.9 Å². The topological polar surface area (TPSA) is 80.6 Å². The molecule has 31 heavy (non-hydrogen) atoms. The molecule has 8 heteroatoms. The van der Waals surface area contributed by atoms with Gasteiger partial charge in [-0.05, 0) is 61.2 Å². The Morgan fingerprint density at radius 1 is 1.13 bits per heavy atom. The third-order valence-corrected chi connectivity index (χ3v) is 6.97. The summed E-state index contributed by atoms with van der Waals surface area (Å²) in [6.45, 7) is 3.63. The van der Waals surface area contributed by atoms with Crippen LogP contribution in [0.3, 0.4) is 0 Å². The van der Waals surface area contributed by atoms with E-state index in [2.05, 4.69) is 16.7 Å². The minimum atomic E-state index is -0.347. The van der Waals surface area contributed by atoms with E-state index in [-0.39, 0.29) is 23.0 Å². The highest BCUT2D eigenvalue weighted by Crippen LogP contribution is 2.36. The van der Waals surface area contributed by atoms with E-state index in [0.29, 0.717) is 34.7 Å². The minimum Gasteiger partial charge on any atom is -0.459 e. The molecular formula is C23H23ClN2O4S. The first-order valence-electron chi connectivity index (χ1n) is 10.0. The van der Waals surface area contributed by atoms with Crippen molar-refractivity contribution >= 4 is 39.8 Å². The van der Waals surface area contributed by atoms with Crippen molar-refractivity contribution < 1.29 is 18.7 Å². The molecule has 0 saturated carbocycles. The number of ether oxygens (including phenoxy) is 1. The Balaban J connectivity index is 1.47. The number of thiophene rings is 1. The van der Waals surface area contributed by atoms with Gasteiger partial charge in [0.15, 0.2) is 5.76 Å². The molecule has 4 rings (SSSR count).